The van der Waals surface area contributed by atoms with E-state index in [0.29, 0.717) is 37.6 Å². The first-order valence-electron chi connectivity index (χ1n) is 11.4. The summed E-state index contributed by atoms with van der Waals surface area (Å²) in [6.45, 7) is 11.2. The number of H-pyrrole nitrogens is 1. The van der Waals surface area contributed by atoms with Crippen LogP contribution in [0.2, 0.25) is 0 Å². The van der Waals surface area contributed by atoms with Crippen LogP contribution in [0.1, 0.15) is 39.8 Å². The van der Waals surface area contributed by atoms with E-state index >= 15 is 0 Å². The Kier molecular flexibility index (Phi) is 7.72. The lowest BCUT2D eigenvalue weighted by Gasteiger charge is -2.37. The number of piperazine rings is 1. The first-order chi connectivity index (χ1) is 16.0. The van der Waals surface area contributed by atoms with Crippen LogP contribution in [0, 0.1) is 27.7 Å². The summed E-state index contributed by atoms with van der Waals surface area (Å²) in [5, 5.41) is 0. The minimum atomic E-state index is -4.10. The van der Waals surface area contributed by atoms with E-state index < -0.39 is 16.0 Å². The molecule has 1 N–H and O–H groups in total. The first-order valence-corrected chi connectivity index (χ1v) is 12.8. The maximum Gasteiger partial charge on any atom is 0.341 e. The number of ether oxygens (including phenoxy) is 1. The molecule has 1 aliphatic heterocycles. The Labute approximate surface area is 201 Å². The standard InChI is InChI=1S/C24H34N4O5S/c1-7-33-24(30)22-18(4)25-19(5)23(22)34(31,32)26(6)15-21(29)28-13-11-27(12-14-28)20-10-8-9-16(2)17(20)3/h8-10,25H,7,11-15H2,1-6H3. The molecule has 0 bridgehead atoms. The van der Waals surface area contributed by atoms with Gasteiger partial charge in [-0.1, -0.05) is 12.1 Å². The number of aromatic nitrogens is 1. The van der Waals surface area contributed by atoms with Crippen molar-refractivity contribution in [1.82, 2.24) is 14.2 Å². The molecule has 2 heterocycles. The van der Waals surface area contributed by atoms with Crippen LogP contribution >= 0.6 is 0 Å². The van der Waals surface area contributed by atoms with Crippen LogP contribution in [0.3, 0.4) is 0 Å². The van der Waals surface area contributed by atoms with Gasteiger partial charge in [0.2, 0.25) is 15.9 Å². The molecule has 0 radical (unpaired) electrons. The molecule has 1 saturated heterocycles. The van der Waals surface area contributed by atoms with Crippen molar-refractivity contribution in [2.75, 3.05) is 51.3 Å². The van der Waals surface area contributed by atoms with Crippen LogP contribution in [0.15, 0.2) is 23.1 Å². The van der Waals surface area contributed by atoms with Gasteiger partial charge in [0.15, 0.2) is 0 Å². The van der Waals surface area contributed by atoms with Crippen molar-refractivity contribution in [2.24, 2.45) is 0 Å². The molecule has 1 amide bonds. The summed E-state index contributed by atoms with van der Waals surface area (Å²) >= 11 is 0. The highest BCUT2D eigenvalue weighted by Crippen LogP contribution is 2.27. The van der Waals surface area contributed by atoms with Gasteiger partial charge >= 0.3 is 5.97 Å². The first kappa shape index (κ1) is 25.8. The molecule has 9 nitrogen and oxygen atoms in total. The molecule has 3 rings (SSSR count). The monoisotopic (exact) mass is 490 g/mol. The quantitative estimate of drug-likeness (QED) is 0.598. The lowest BCUT2D eigenvalue weighted by atomic mass is 10.1. The number of likely N-dealkylation sites (N-methyl/N-ethyl adjacent to an activating group) is 1. The Balaban J connectivity index is 1.71. The molecule has 1 aliphatic rings. The van der Waals surface area contributed by atoms with Gasteiger partial charge in [0, 0.05) is 50.3 Å². The van der Waals surface area contributed by atoms with E-state index in [-0.39, 0.29) is 29.5 Å². The van der Waals surface area contributed by atoms with Crippen LogP contribution in [0.4, 0.5) is 5.69 Å². The number of amides is 1. The third-order valence-corrected chi connectivity index (χ3v) is 8.35. The second-order valence-corrected chi connectivity index (χ2v) is 10.6. The van der Waals surface area contributed by atoms with Crippen LogP contribution in [-0.4, -0.2) is 80.9 Å². The molecular formula is C24H34N4O5S. The third-order valence-electron chi connectivity index (χ3n) is 6.37. The molecule has 0 saturated carbocycles. The Hall–Kier alpha value is -2.85. The predicted molar refractivity (Wildman–Crippen MR) is 131 cm³/mol. The number of nitrogens with one attached hydrogen (secondary N) is 1. The Morgan fingerprint density at radius 2 is 1.71 bits per heavy atom. The molecule has 1 fully saturated rings. The fourth-order valence-electron chi connectivity index (χ4n) is 4.34. The fourth-order valence-corrected chi connectivity index (χ4v) is 5.86. The average molecular weight is 491 g/mol. The summed E-state index contributed by atoms with van der Waals surface area (Å²) in [5.41, 5.74) is 4.35. The van der Waals surface area contributed by atoms with Crippen LogP contribution in [-0.2, 0) is 19.6 Å². The van der Waals surface area contributed by atoms with Gasteiger partial charge < -0.3 is 19.5 Å². The van der Waals surface area contributed by atoms with Gasteiger partial charge in [0.1, 0.15) is 10.5 Å². The Morgan fingerprint density at radius 1 is 1.06 bits per heavy atom. The highest BCUT2D eigenvalue weighted by atomic mass is 32.2. The van der Waals surface area contributed by atoms with Crippen molar-refractivity contribution in [3.05, 3.63) is 46.3 Å². The lowest BCUT2D eigenvalue weighted by molar-refractivity contribution is -0.131. The molecule has 0 unspecified atom stereocenters. The molecule has 1 aromatic carbocycles. The summed E-state index contributed by atoms with van der Waals surface area (Å²) in [6.07, 6.45) is 0. The smallest absolute Gasteiger partial charge is 0.341 e. The predicted octanol–water partition coefficient (Wildman–Crippen LogP) is 2.39. The van der Waals surface area contributed by atoms with Gasteiger partial charge in [-0.15, -0.1) is 0 Å². The average Bonchev–Trinajstić information content (AvgIpc) is 3.10. The summed E-state index contributed by atoms with van der Waals surface area (Å²) in [4.78, 5) is 32.1. The van der Waals surface area contributed by atoms with E-state index in [0.717, 1.165) is 9.99 Å². The molecule has 1 aromatic heterocycles. The molecule has 10 heteroatoms. The number of hydrogen-bond acceptors (Lipinski definition) is 6. The zero-order chi connectivity index (χ0) is 25.2. The summed E-state index contributed by atoms with van der Waals surface area (Å²) in [6, 6.07) is 6.20. The molecular weight excluding hydrogens is 456 g/mol. The summed E-state index contributed by atoms with van der Waals surface area (Å²) in [7, 11) is -2.74. The minimum Gasteiger partial charge on any atom is -0.462 e. The van der Waals surface area contributed by atoms with Crippen molar-refractivity contribution in [2.45, 2.75) is 39.5 Å². The van der Waals surface area contributed by atoms with Gasteiger partial charge in [-0.05, 0) is 51.8 Å². The van der Waals surface area contributed by atoms with Gasteiger partial charge in [-0.2, -0.15) is 4.31 Å². The number of nitrogens with zero attached hydrogens (tertiary/aromatic N) is 3. The number of anilines is 1. The highest BCUT2D eigenvalue weighted by molar-refractivity contribution is 7.89. The highest BCUT2D eigenvalue weighted by Gasteiger charge is 2.34. The zero-order valence-corrected chi connectivity index (χ0v) is 21.6. The number of esters is 1. The van der Waals surface area contributed by atoms with Crippen LogP contribution < -0.4 is 4.90 Å². The van der Waals surface area contributed by atoms with E-state index in [1.54, 1.807) is 25.7 Å². The van der Waals surface area contributed by atoms with Crippen LogP contribution in [0.25, 0.3) is 0 Å². The summed E-state index contributed by atoms with van der Waals surface area (Å²) in [5.74, 6) is -0.973. The Bertz CT molecular complexity index is 1180. The maximum atomic E-state index is 13.3. The van der Waals surface area contributed by atoms with Crippen molar-refractivity contribution in [1.29, 1.82) is 0 Å². The molecule has 0 spiro atoms. The van der Waals surface area contributed by atoms with E-state index in [4.69, 9.17) is 4.74 Å². The fraction of sp³-hybridized carbons (Fsp3) is 0.500. The largest absolute Gasteiger partial charge is 0.462 e. The van der Waals surface area contributed by atoms with Gasteiger partial charge in [-0.25, -0.2) is 13.2 Å². The van der Waals surface area contributed by atoms with Gasteiger partial charge in [0.05, 0.1) is 13.2 Å². The molecule has 0 atom stereocenters. The minimum absolute atomic E-state index is 0.0132. The van der Waals surface area contributed by atoms with Crippen molar-refractivity contribution >= 4 is 27.6 Å². The van der Waals surface area contributed by atoms with Gasteiger partial charge in [-0.3, -0.25) is 4.79 Å². The number of rotatable bonds is 7. The van der Waals surface area contributed by atoms with Crippen LogP contribution in [0.5, 0.6) is 0 Å². The second kappa shape index (κ2) is 10.2. The lowest BCUT2D eigenvalue weighted by Crippen LogP contribution is -2.51. The van der Waals surface area contributed by atoms with E-state index in [1.165, 1.54) is 18.2 Å². The summed E-state index contributed by atoms with van der Waals surface area (Å²) < 4.78 is 32.7. The topological polar surface area (TPSA) is 103 Å². The van der Waals surface area contributed by atoms with Crippen molar-refractivity contribution in [3.63, 3.8) is 0 Å². The molecule has 0 aliphatic carbocycles. The molecule has 34 heavy (non-hydrogen) atoms. The van der Waals surface area contributed by atoms with Gasteiger partial charge in [0.25, 0.3) is 0 Å². The third kappa shape index (κ3) is 4.97. The number of carbonyl (C=O) groups excluding carboxylic acids is 2. The molecule has 186 valence electrons. The van der Waals surface area contributed by atoms with E-state index in [2.05, 4.69) is 35.9 Å². The number of aromatic amines is 1. The normalized spacial score (nSPS) is 14.6. The SMILES string of the molecule is CCOC(=O)c1c(C)[nH]c(C)c1S(=O)(=O)N(C)CC(=O)N1CCN(c2cccc(C)c2C)CC1. The van der Waals surface area contributed by atoms with Crippen molar-refractivity contribution in [3.8, 4) is 0 Å². The Morgan fingerprint density at radius 3 is 2.32 bits per heavy atom. The number of sulfonamides is 1. The number of carbonyl (C=O) groups is 2. The van der Waals surface area contributed by atoms with E-state index in [9.17, 15) is 18.0 Å². The zero-order valence-electron chi connectivity index (χ0n) is 20.8. The second-order valence-electron chi connectivity index (χ2n) is 8.65. The molecule has 2 aromatic rings. The van der Waals surface area contributed by atoms with E-state index in [1.807, 2.05) is 6.07 Å². The number of benzene rings is 1. The number of hydrogen-bond donors (Lipinski definition) is 1. The van der Waals surface area contributed by atoms with Crippen molar-refractivity contribution < 1.29 is 22.7 Å². The maximum absolute atomic E-state index is 13.3. The number of aryl methyl sites for hydroxylation is 3.